The second-order valence-corrected chi connectivity index (χ2v) is 8.46. The Morgan fingerprint density at radius 2 is 1.64 bits per heavy atom. The van der Waals surface area contributed by atoms with E-state index >= 15 is 0 Å². The Labute approximate surface area is 185 Å². The molecule has 0 saturated heterocycles. The standard InChI is InChI=1S/C22H16F3NO6S/c1-30-21(27)16-11-15-14-9-5-6-10-17(14)26-18(15)20(31-12-13-7-3-2-4-8-13)19(16)32-33(28,29)22(23,24)25/h2-11,26H,12H2,1H3. The van der Waals surface area contributed by atoms with Gasteiger partial charge in [0.15, 0.2) is 5.75 Å². The molecule has 1 N–H and O–H groups in total. The first-order valence-electron chi connectivity index (χ1n) is 9.45. The van der Waals surface area contributed by atoms with Gasteiger partial charge in [-0.3, -0.25) is 0 Å². The summed E-state index contributed by atoms with van der Waals surface area (Å²) in [6.45, 7) is -0.141. The Kier molecular flexibility index (Phi) is 5.66. The second kappa shape index (κ2) is 8.32. The van der Waals surface area contributed by atoms with E-state index < -0.39 is 32.9 Å². The van der Waals surface area contributed by atoms with E-state index in [1.165, 1.54) is 6.07 Å². The number of ether oxygens (including phenoxy) is 2. The van der Waals surface area contributed by atoms with Crippen LogP contribution in [0.1, 0.15) is 15.9 Å². The zero-order valence-electron chi connectivity index (χ0n) is 17.0. The number of esters is 1. The van der Waals surface area contributed by atoms with Gasteiger partial charge in [0.1, 0.15) is 12.2 Å². The van der Waals surface area contributed by atoms with Crippen molar-refractivity contribution in [2.45, 2.75) is 12.1 Å². The predicted octanol–water partition coefficient (Wildman–Crippen LogP) is 4.92. The fraction of sp³-hybridized carbons (Fsp3) is 0.136. The topological polar surface area (TPSA) is 94.7 Å². The van der Waals surface area contributed by atoms with E-state index in [9.17, 15) is 26.4 Å². The molecular formula is C22H16F3NO6S. The van der Waals surface area contributed by atoms with Gasteiger partial charge in [0.2, 0.25) is 5.75 Å². The lowest BCUT2D eigenvalue weighted by Crippen LogP contribution is -2.29. The lowest BCUT2D eigenvalue weighted by molar-refractivity contribution is -0.0501. The molecule has 4 rings (SSSR count). The number of hydrogen-bond acceptors (Lipinski definition) is 6. The van der Waals surface area contributed by atoms with Crippen LogP contribution in [0.2, 0.25) is 0 Å². The number of aromatic amines is 1. The molecule has 0 radical (unpaired) electrons. The first-order valence-corrected chi connectivity index (χ1v) is 10.9. The Morgan fingerprint density at radius 3 is 2.30 bits per heavy atom. The highest BCUT2D eigenvalue weighted by molar-refractivity contribution is 7.88. The van der Waals surface area contributed by atoms with Crippen molar-refractivity contribution in [1.82, 2.24) is 4.98 Å². The van der Waals surface area contributed by atoms with Crippen molar-refractivity contribution in [2.75, 3.05) is 7.11 Å². The monoisotopic (exact) mass is 479 g/mol. The van der Waals surface area contributed by atoms with Crippen LogP contribution in [0, 0.1) is 0 Å². The van der Waals surface area contributed by atoms with Crippen molar-refractivity contribution in [3.05, 3.63) is 71.8 Å². The Hall–Kier alpha value is -3.73. The molecule has 1 aromatic heterocycles. The third-order valence-electron chi connectivity index (χ3n) is 4.82. The fourth-order valence-electron chi connectivity index (χ4n) is 3.31. The molecule has 172 valence electrons. The molecule has 0 saturated carbocycles. The van der Waals surface area contributed by atoms with Gasteiger partial charge in [0, 0.05) is 16.3 Å². The minimum atomic E-state index is -6.12. The summed E-state index contributed by atoms with van der Waals surface area (Å²) in [5.74, 6) is -2.39. The summed E-state index contributed by atoms with van der Waals surface area (Å²) in [7, 11) is -5.11. The van der Waals surface area contributed by atoms with Crippen LogP contribution in [0.5, 0.6) is 11.5 Å². The summed E-state index contributed by atoms with van der Waals surface area (Å²) < 4.78 is 77.9. The zero-order chi connectivity index (χ0) is 23.8. The van der Waals surface area contributed by atoms with Crippen molar-refractivity contribution in [3.8, 4) is 11.5 Å². The van der Waals surface area contributed by atoms with Gasteiger partial charge in [-0.05, 0) is 17.7 Å². The Morgan fingerprint density at radius 1 is 0.970 bits per heavy atom. The number of hydrogen-bond donors (Lipinski definition) is 1. The third-order valence-corrected chi connectivity index (χ3v) is 5.77. The van der Waals surface area contributed by atoms with E-state index in [1.807, 2.05) is 0 Å². The summed E-state index contributed by atoms with van der Waals surface area (Å²) in [4.78, 5) is 15.5. The van der Waals surface area contributed by atoms with Gasteiger partial charge in [0.05, 0.1) is 12.6 Å². The molecule has 3 aromatic carbocycles. The van der Waals surface area contributed by atoms with Gasteiger partial charge >= 0.3 is 21.6 Å². The minimum absolute atomic E-state index is 0.141. The van der Waals surface area contributed by atoms with Crippen LogP contribution >= 0.6 is 0 Å². The molecule has 0 unspecified atom stereocenters. The summed E-state index contributed by atoms with van der Waals surface area (Å²) in [6, 6.07) is 16.7. The van der Waals surface area contributed by atoms with Crippen LogP contribution in [0.3, 0.4) is 0 Å². The summed E-state index contributed by atoms with van der Waals surface area (Å²) in [5, 5.41) is 1.04. The van der Waals surface area contributed by atoms with Crippen LogP contribution in [-0.2, 0) is 21.5 Å². The molecular weight excluding hydrogens is 463 g/mol. The molecule has 1 heterocycles. The molecule has 33 heavy (non-hydrogen) atoms. The van der Waals surface area contributed by atoms with Crippen molar-refractivity contribution < 1.29 is 40.0 Å². The Bertz CT molecular complexity index is 1450. The van der Waals surface area contributed by atoms with Gasteiger partial charge in [0.25, 0.3) is 0 Å². The van der Waals surface area contributed by atoms with Gasteiger partial charge in [-0.1, -0.05) is 48.5 Å². The molecule has 0 fully saturated rings. The molecule has 0 bridgehead atoms. The first-order chi connectivity index (χ1) is 15.6. The number of halogens is 3. The lowest BCUT2D eigenvalue weighted by atomic mass is 10.1. The number of rotatable bonds is 6. The van der Waals surface area contributed by atoms with E-state index in [-0.39, 0.29) is 17.9 Å². The van der Waals surface area contributed by atoms with Crippen LogP contribution in [0.4, 0.5) is 13.2 Å². The molecule has 0 amide bonds. The maximum Gasteiger partial charge on any atom is 0.534 e. The number of aromatic nitrogens is 1. The molecule has 11 heteroatoms. The smallest absolute Gasteiger partial charge is 0.483 e. The zero-order valence-corrected chi connectivity index (χ0v) is 17.8. The van der Waals surface area contributed by atoms with Crippen molar-refractivity contribution in [1.29, 1.82) is 0 Å². The SMILES string of the molecule is COC(=O)c1cc2c([nH]c3ccccc32)c(OCc2ccccc2)c1OS(=O)(=O)C(F)(F)F. The number of fused-ring (bicyclic) bond motifs is 3. The second-order valence-electron chi connectivity index (χ2n) is 6.92. The van der Waals surface area contributed by atoms with Crippen molar-refractivity contribution in [2.24, 2.45) is 0 Å². The number of para-hydroxylation sites is 1. The van der Waals surface area contributed by atoms with Gasteiger partial charge < -0.3 is 18.6 Å². The molecule has 0 atom stereocenters. The number of nitrogens with one attached hydrogen (secondary N) is 1. The van der Waals surface area contributed by atoms with Crippen LogP contribution in [0.15, 0.2) is 60.7 Å². The van der Waals surface area contributed by atoms with Gasteiger partial charge in [-0.2, -0.15) is 21.6 Å². The van der Waals surface area contributed by atoms with E-state index in [2.05, 4.69) is 13.9 Å². The highest BCUT2D eigenvalue weighted by Crippen LogP contribution is 2.44. The van der Waals surface area contributed by atoms with Crippen molar-refractivity contribution >= 4 is 37.9 Å². The average Bonchev–Trinajstić information content (AvgIpc) is 3.15. The van der Waals surface area contributed by atoms with Crippen molar-refractivity contribution in [3.63, 3.8) is 0 Å². The van der Waals surface area contributed by atoms with E-state index in [1.54, 1.807) is 54.6 Å². The average molecular weight is 479 g/mol. The maximum absolute atomic E-state index is 13.1. The Balaban J connectivity index is 2.00. The highest BCUT2D eigenvalue weighted by Gasteiger charge is 2.49. The molecule has 4 aromatic rings. The quantitative estimate of drug-likeness (QED) is 0.240. The largest absolute Gasteiger partial charge is 0.534 e. The van der Waals surface area contributed by atoms with E-state index in [0.29, 0.717) is 21.9 Å². The van der Waals surface area contributed by atoms with Crippen LogP contribution in [0.25, 0.3) is 21.8 Å². The number of carbonyl (C=O) groups is 1. The molecule has 7 nitrogen and oxygen atoms in total. The van der Waals surface area contributed by atoms with Crippen LogP contribution < -0.4 is 8.92 Å². The summed E-state index contributed by atoms with van der Waals surface area (Å²) in [6.07, 6.45) is 0. The summed E-state index contributed by atoms with van der Waals surface area (Å²) >= 11 is 0. The lowest BCUT2D eigenvalue weighted by Gasteiger charge is -2.17. The molecule has 0 aliphatic carbocycles. The number of methoxy groups -OCH3 is 1. The molecule has 0 spiro atoms. The molecule has 0 aliphatic heterocycles. The number of alkyl halides is 3. The summed E-state index contributed by atoms with van der Waals surface area (Å²) in [5.41, 5.74) is -4.87. The number of benzene rings is 3. The normalized spacial score (nSPS) is 12.1. The molecule has 0 aliphatic rings. The minimum Gasteiger partial charge on any atom is -0.483 e. The fourth-order valence-corrected chi connectivity index (χ4v) is 3.79. The number of carbonyl (C=O) groups excluding carboxylic acids is 1. The van der Waals surface area contributed by atoms with E-state index in [4.69, 9.17) is 4.74 Å². The van der Waals surface area contributed by atoms with Gasteiger partial charge in [-0.15, -0.1) is 0 Å². The maximum atomic E-state index is 13.1. The van der Waals surface area contributed by atoms with Crippen LogP contribution in [-0.4, -0.2) is 32.0 Å². The highest BCUT2D eigenvalue weighted by atomic mass is 32.2. The van der Waals surface area contributed by atoms with Gasteiger partial charge in [-0.25, -0.2) is 4.79 Å². The third kappa shape index (κ3) is 4.19. The first kappa shape index (κ1) is 22.5. The van der Waals surface area contributed by atoms with E-state index in [0.717, 1.165) is 7.11 Å². The number of H-pyrrole nitrogens is 1. The predicted molar refractivity (Wildman–Crippen MR) is 114 cm³/mol.